The highest BCUT2D eigenvalue weighted by molar-refractivity contribution is 6.21. The third-order valence-corrected chi connectivity index (χ3v) is 10.5. The van der Waals surface area contributed by atoms with Crippen molar-refractivity contribution in [1.29, 1.82) is 0 Å². The average Bonchev–Trinajstić information content (AvgIpc) is 3.44. The Balaban J connectivity index is 0.000000153. The largest absolute Gasteiger partial charge is 0.351 e. The molecule has 7 aromatic rings. The van der Waals surface area contributed by atoms with E-state index in [1.54, 1.807) is 66.7 Å². The predicted molar refractivity (Wildman–Crippen MR) is 203 cm³/mol. The fourth-order valence-corrected chi connectivity index (χ4v) is 7.70. The maximum absolute atomic E-state index is 13.3. The summed E-state index contributed by atoms with van der Waals surface area (Å²) in [4.78, 5) is 84.5. The van der Waals surface area contributed by atoms with Gasteiger partial charge in [-0.25, -0.2) is 0 Å². The van der Waals surface area contributed by atoms with Crippen molar-refractivity contribution in [3.63, 3.8) is 0 Å². The van der Waals surface area contributed by atoms with Crippen molar-refractivity contribution in [2.45, 2.75) is 25.9 Å². The van der Waals surface area contributed by atoms with E-state index in [2.05, 4.69) is 9.97 Å². The van der Waals surface area contributed by atoms with E-state index >= 15 is 0 Å². The molecule has 4 N–H and O–H groups in total. The molecule has 10 heteroatoms. The number of nitrogens with zero attached hydrogens (tertiary/aromatic N) is 1. The summed E-state index contributed by atoms with van der Waals surface area (Å²) >= 11 is 0. The summed E-state index contributed by atoms with van der Waals surface area (Å²) in [5.74, 6) is -1.06. The minimum atomic E-state index is -0.337. The Labute approximate surface area is 306 Å². The van der Waals surface area contributed by atoms with Crippen LogP contribution in [0.1, 0.15) is 86.2 Å². The third-order valence-electron chi connectivity index (χ3n) is 10.5. The first kappa shape index (κ1) is 32.8. The lowest BCUT2D eigenvalue weighted by molar-refractivity contribution is 0.0642. The molecule has 10 rings (SSSR count). The molecule has 0 unspecified atom stereocenters. The molecular formula is C44H30N4O6. The molecule has 2 amide bonds. The van der Waals surface area contributed by atoms with E-state index in [0.717, 1.165) is 16.7 Å². The molecule has 5 aromatic carbocycles. The van der Waals surface area contributed by atoms with E-state index in [0.29, 0.717) is 91.5 Å². The molecule has 0 saturated carbocycles. The Bertz CT molecular complexity index is 2900. The Morgan fingerprint density at radius 2 is 0.963 bits per heavy atom. The number of aromatic nitrogens is 2. The molecule has 2 aromatic heterocycles. The number of carbonyl (C=O) groups excluding carboxylic acids is 4. The van der Waals surface area contributed by atoms with Crippen LogP contribution < -0.4 is 16.6 Å². The Morgan fingerprint density at radius 1 is 0.519 bits per heavy atom. The van der Waals surface area contributed by atoms with Crippen LogP contribution in [-0.4, -0.2) is 38.2 Å². The number of fused-ring (bicyclic) bond motifs is 7. The van der Waals surface area contributed by atoms with Crippen LogP contribution in [0.5, 0.6) is 0 Å². The quantitative estimate of drug-likeness (QED) is 0.202. The van der Waals surface area contributed by atoms with Crippen LogP contribution in [0, 0.1) is 0 Å². The van der Waals surface area contributed by atoms with Gasteiger partial charge in [-0.15, -0.1) is 0 Å². The lowest BCUT2D eigenvalue weighted by Crippen LogP contribution is -2.29. The van der Waals surface area contributed by atoms with Gasteiger partial charge in [-0.05, 0) is 70.8 Å². The highest BCUT2D eigenvalue weighted by atomic mass is 16.2. The minimum absolute atomic E-state index is 0.0637. The van der Waals surface area contributed by atoms with Gasteiger partial charge in [0.2, 0.25) is 11.6 Å². The van der Waals surface area contributed by atoms with Crippen molar-refractivity contribution in [2.75, 3.05) is 0 Å². The summed E-state index contributed by atoms with van der Waals surface area (Å²) in [6.45, 7) is 0.468. The number of H-pyrrole nitrogens is 2. The Morgan fingerprint density at radius 3 is 1.46 bits per heavy atom. The van der Waals surface area contributed by atoms with Crippen LogP contribution >= 0.6 is 0 Å². The molecule has 0 radical (unpaired) electrons. The number of nitrogens with two attached hydrogens (primary N) is 1. The van der Waals surface area contributed by atoms with Gasteiger partial charge in [0, 0.05) is 63.4 Å². The first-order valence-corrected chi connectivity index (χ1v) is 17.5. The smallest absolute Gasteiger partial charge is 0.261 e. The zero-order valence-electron chi connectivity index (χ0n) is 28.7. The molecule has 10 nitrogen and oxygen atoms in total. The number of hydrogen-bond donors (Lipinski definition) is 3. The molecule has 262 valence electrons. The first-order valence-electron chi connectivity index (χ1n) is 17.5. The van der Waals surface area contributed by atoms with Crippen molar-refractivity contribution in [1.82, 2.24) is 14.9 Å². The number of benzene rings is 5. The number of para-hydroxylation sites is 2. The molecule has 1 aliphatic heterocycles. The number of imide groups is 1. The summed E-state index contributed by atoms with van der Waals surface area (Å²) in [6, 6.07) is 32.1. The molecule has 2 aliphatic carbocycles. The highest BCUT2D eigenvalue weighted by Crippen LogP contribution is 2.30. The zero-order chi connectivity index (χ0) is 37.2. The topological polar surface area (TPSA) is 163 Å². The number of ketones is 2. The fraction of sp³-hybridized carbons (Fsp3) is 0.0909. The van der Waals surface area contributed by atoms with E-state index in [-0.39, 0.29) is 40.8 Å². The predicted octanol–water partition coefficient (Wildman–Crippen LogP) is 5.58. The Hall–Kier alpha value is -7.04. The second-order valence-corrected chi connectivity index (χ2v) is 13.6. The van der Waals surface area contributed by atoms with Crippen LogP contribution in [0.2, 0.25) is 0 Å². The number of hydrogen-bond acceptors (Lipinski definition) is 7. The van der Waals surface area contributed by atoms with Crippen molar-refractivity contribution < 1.29 is 19.2 Å². The summed E-state index contributed by atoms with van der Waals surface area (Å²) in [7, 11) is 0. The second kappa shape index (κ2) is 12.6. The lowest BCUT2D eigenvalue weighted by Gasteiger charge is -2.20. The van der Waals surface area contributed by atoms with Crippen LogP contribution in [-0.2, 0) is 25.9 Å². The van der Waals surface area contributed by atoms with E-state index in [1.165, 1.54) is 4.90 Å². The molecule has 0 saturated heterocycles. The van der Waals surface area contributed by atoms with Gasteiger partial charge < -0.3 is 15.7 Å². The standard InChI is InChI=1S/C26H16N2O4.C18H14N2O2/c29-23-18-7-3-4-8-21(18)27-22-20(23)12-15-10-9-14(11-19(15)24(22)30)13-28-25(31)16-5-1-2-6-17(16)26(28)32;19-9-10-5-6-11-8-14-16(18(22)13(11)7-10)20-15-4-2-1-3-12(15)17(14)21/h1-11H,12-13H2,(H,27,29);1-7H,8-9,19H2,(H,20,21). The van der Waals surface area contributed by atoms with E-state index < -0.39 is 0 Å². The molecule has 0 atom stereocenters. The SMILES string of the molecule is NCc1ccc2c(c1)C(=O)c1[nH]c3ccccc3c(=O)c1C2.O=C1c2cc(CN3C(=O)c4ccccc4C3=O)ccc2Cc2c1[nH]c1ccccc1c2=O. The molecular weight excluding hydrogens is 681 g/mol. The normalized spacial score (nSPS) is 13.9. The molecule has 3 aliphatic rings. The molecule has 0 bridgehead atoms. The summed E-state index contributed by atoms with van der Waals surface area (Å²) in [6.07, 6.45) is 0.825. The van der Waals surface area contributed by atoms with Gasteiger partial charge in [0.1, 0.15) is 0 Å². The van der Waals surface area contributed by atoms with Crippen molar-refractivity contribution >= 4 is 45.2 Å². The summed E-state index contributed by atoms with van der Waals surface area (Å²) in [5, 5.41) is 1.18. The van der Waals surface area contributed by atoms with Gasteiger partial charge >= 0.3 is 0 Å². The Kier molecular flexibility index (Phi) is 7.65. The van der Waals surface area contributed by atoms with Crippen LogP contribution in [0.4, 0.5) is 0 Å². The number of aromatic amines is 2. The maximum Gasteiger partial charge on any atom is 0.261 e. The minimum Gasteiger partial charge on any atom is -0.351 e. The van der Waals surface area contributed by atoms with Crippen LogP contribution in [0.15, 0.2) is 119 Å². The number of pyridine rings is 2. The average molecular weight is 711 g/mol. The number of amides is 2. The van der Waals surface area contributed by atoms with Gasteiger partial charge in [0.05, 0.1) is 29.1 Å². The number of nitrogens with one attached hydrogen (secondary N) is 2. The molecule has 0 spiro atoms. The van der Waals surface area contributed by atoms with Crippen LogP contribution in [0.25, 0.3) is 21.8 Å². The van der Waals surface area contributed by atoms with E-state index in [1.807, 2.05) is 42.5 Å². The zero-order valence-corrected chi connectivity index (χ0v) is 28.7. The van der Waals surface area contributed by atoms with Crippen LogP contribution in [0.3, 0.4) is 0 Å². The van der Waals surface area contributed by atoms with E-state index in [4.69, 9.17) is 5.73 Å². The highest BCUT2D eigenvalue weighted by Gasteiger charge is 2.35. The van der Waals surface area contributed by atoms with Gasteiger partial charge in [-0.1, -0.05) is 60.7 Å². The first-order chi connectivity index (χ1) is 26.2. The number of carbonyl (C=O) groups is 4. The van der Waals surface area contributed by atoms with Gasteiger partial charge in [0.15, 0.2) is 10.9 Å². The summed E-state index contributed by atoms with van der Waals surface area (Å²) < 4.78 is 0. The molecule has 3 heterocycles. The molecule has 54 heavy (non-hydrogen) atoms. The number of rotatable bonds is 3. The van der Waals surface area contributed by atoms with Gasteiger partial charge in [-0.3, -0.25) is 33.7 Å². The van der Waals surface area contributed by atoms with Crippen molar-refractivity contribution in [2.24, 2.45) is 5.73 Å². The van der Waals surface area contributed by atoms with Gasteiger partial charge in [0.25, 0.3) is 11.8 Å². The lowest BCUT2D eigenvalue weighted by atomic mass is 9.86. The van der Waals surface area contributed by atoms with Gasteiger partial charge in [-0.2, -0.15) is 0 Å². The fourth-order valence-electron chi connectivity index (χ4n) is 7.70. The molecule has 0 fully saturated rings. The maximum atomic E-state index is 13.3. The third kappa shape index (κ3) is 5.14. The van der Waals surface area contributed by atoms with Crippen molar-refractivity contribution in [3.05, 3.63) is 197 Å². The second-order valence-electron chi connectivity index (χ2n) is 13.6. The van der Waals surface area contributed by atoms with Crippen molar-refractivity contribution in [3.8, 4) is 0 Å². The van der Waals surface area contributed by atoms with E-state index in [9.17, 15) is 28.8 Å². The summed E-state index contributed by atoms with van der Waals surface area (Å²) in [5.41, 5.74) is 13.6. The monoisotopic (exact) mass is 710 g/mol.